The minimum absolute atomic E-state index is 0.721. The van der Waals surface area contributed by atoms with Crippen molar-refractivity contribution in [3.63, 3.8) is 0 Å². The molecule has 3 heteroatoms. The quantitative estimate of drug-likeness (QED) is 0.731. The number of rotatable bonds is 7. The zero-order chi connectivity index (χ0) is 12.8. The summed E-state index contributed by atoms with van der Waals surface area (Å²) >= 11 is 0. The Morgan fingerprint density at radius 2 is 2.00 bits per heavy atom. The highest BCUT2D eigenvalue weighted by Gasteiger charge is 2.28. The highest BCUT2D eigenvalue weighted by Crippen LogP contribution is 2.17. The van der Waals surface area contributed by atoms with Gasteiger partial charge >= 0.3 is 0 Å². The van der Waals surface area contributed by atoms with E-state index in [1.807, 2.05) is 0 Å². The van der Waals surface area contributed by atoms with E-state index in [1.54, 1.807) is 0 Å². The number of hydrogen-bond donors (Lipinski definition) is 1. The summed E-state index contributed by atoms with van der Waals surface area (Å²) in [6.07, 6.45) is 2.58. The second kappa shape index (κ2) is 7.34. The van der Waals surface area contributed by atoms with Crippen molar-refractivity contribution < 1.29 is 0 Å². The number of nitrogens with one attached hydrogen (secondary N) is 1. The molecule has 0 aromatic carbocycles. The summed E-state index contributed by atoms with van der Waals surface area (Å²) in [5.41, 5.74) is 0. The van der Waals surface area contributed by atoms with E-state index in [9.17, 15) is 0 Å². The van der Waals surface area contributed by atoms with Crippen LogP contribution < -0.4 is 5.32 Å². The first-order chi connectivity index (χ1) is 8.04. The maximum atomic E-state index is 3.60. The Morgan fingerprint density at radius 1 is 1.29 bits per heavy atom. The molecule has 2 atom stereocenters. The minimum atomic E-state index is 0.721. The van der Waals surface area contributed by atoms with E-state index in [0.29, 0.717) is 0 Å². The first-order valence-corrected chi connectivity index (χ1v) is 7.15. The van der Waals surface area contributed by atoms with E-state index in [4.69, 9.17) is 0 Å². The Bertz CT molecular complexity index is 204. The molecule has 0 amide bonds. The molecule has 0 aliphatic carbocycles. The molecular weight excluding hydrogens is 210 g/mol. The van der Waals surface area contributed by atoms with Gasteiger partial charge < -0.3 is 10.2 Å². The lowest BCUT2D eigenvalue weighted by Gasteiger charge is -2.28. The van der Waals surface area contributed by atoms with E-state index in [1.165, 1.54) is 25.9 Å². The van der Waals surface area contributed by atoms with E-state index in [0.717, 1.165) is 31.1 Å². The van der Waals surface area contributed by atoms with E-state index in [-0.39, 0.29) is 0 Å². The Hall–Kier alpha value is -0.120. The van der Waals surface area contributed by atoms with Crippen molar-refractivity contribution in [2.45, 2.75) is 45.7 Å². The normalized spacial score (nSPS) is 23.8. The van der Waals surface area contributed by atoms with Gasteiger partial charge in [-0.1, -0.05) is 20.8 Å². The average molecular weight is 241 g/mol. The summed E-state index contributed by atoms with van der Waals surface area (Å²) in [6, 6.07) is 1.48. The maximum Gasteiger partial charge on any atom is 0.0229 e. The van der Waals surface area contributed by atoms with Crippen LogP contribution >= 0.6 is 0 Å². The van der Waals surface area contributed by atoms with Gasteiger partial charge in [-0.15, -0.1) is 0 Å². The van der Waals surface area contributed by atoms with Gasteiger partial charge in [-0.25, -0.2) is 0 Å². The Balaban J connectivity index is 2.31. The van der Waals surface area contributed by atoms with Crippen molar-refractivity contribution in [2.24, 2.45) is 5.92 Å². The molecule has 0 spiro atoms. The molecule has 1 fully saturated rings. The molecule has 0 saturated carbocycles. The van der Waals surface area contributed by atoms with Crippen LogP contribution in [0.4, 0.5) is 0 Å². The van der Waals surface area contributed by atoms with Crippen LogP contribution in [0.1, 0.15) is 33.6 Å². The lowest BCUT2D eigenvalue weighted by molar-refractivity contribution is 0.205. The second-order valence-corrected chi connectivity index (χ2v) is 6.02. The zero-order valence-corrected chi connectivity index (χ0v) is 12.4. The number of nitrogens with zero attached hydrogens (tertiary/aromatic N) is 2. The Morgan fingerprint density at radius 3 is 2.47 bits per heavy atom. The van der Waals surface area contributed by atoms with Gasteiger partial charge in [0.2, 0.25) is 0 Å². The van der Waals surface area contributed by atoms with Crippen LogP contribution in [-0.4, -0.2) is 62.2 Å². The smallest absolute Gasteiger partial charge is 0.0229 e. The molecule has 1 aliphatic rings. The highest BCUT2D eigenvalue weighted by atomic mass is 15.3. The molecule has 1 N–H and O–H groups in total. The minimum Gasteiger partial charge on any atom is -0.315 e. The van der Waals surface area contributed by atoms with E-state index >= 15 is 0 Å². The number of hydrogen-bond acceptors (Lipinski definition) is 3. The van der Waals surface area contributed by atoms with E-state index in [2.05, 4.69) is 50.0 Å². The van der Waals surface area contributed by atoms with Crippen LogP contribution in [-0.2, 0) is 0 Å². The lowest BCUT2D eigenvalue weighted by Crippen LogP contribution is -2.43. The SMILES string of the molecule is CCC(CNCC(C)C)N1CCC(N(C)C)C1. The largest absolute Gasteiger partial charge is 0.315 e. The fourth-order valence-corrected chi connectivity index (χ4v) is 2.59. The number of likely N-dealkylation sites (tertiary alicyclic amines) is 1. The van der Waals surface area contributed by atoms with Crippen LogP contribution in [0, 0.1) is 5.92 Å². The molecule has 0 bridgehead atoms. The summed E-state index contributed by atoms with van der Waals surface area (Å²) in [5, 5.41) is 3.60. The molecule has 0 radical (unpaired) electrons. The molecular formula is C14H31N3. The molecule has 1 saturated heterocycles. The van der Waals surface area contributed by atoms with Crippen molar-refractivity contribution >= 4 is 0 Å². The predicted octanol–water partition coefficient (Wildman–Crippen LogP) is 1.65. The molecule has 0 aromatic heterocycles. The van der Waals surface area contributed by atoms with Crippen molar-refractivity contribution in [2.75, 3.05) is 40.3 Å². The highest BCUT2D eigenvalue weighted by molar-refractivity contribution is 4.85. The molecule has 3 nitrogen and oxygen atoms in total. The third-order valence-electron chi connectivity index (χ3n) is 3.85. The van der Waals surface area contributed by atoms with Crippen molar-refractivity contribution in [3.8, 4) is 0 Å². The van der Waals surface area contributed by atoms with Gasteiger partial charge in [0.1, 0.15) is 0 Å². The standard InChI is InChI=1S/C14H31N3/c1-6-13(10-15-9-12(2)3)17-8-7-14(11-17)16(4)5/h12-15H,6-11H2,1-5H3. The molecule has 0 aromatic rings. The molecule has 2 unspecified atom stereocenters. The van der Waals surface area contributed by atoms with Gasteiger partial charge in [0.05, 0.1) is 0 Å². The molecule has 1 rings (SSSR count). The fourth-order valence-electron chi connectivity index (χ4n) is 2.59. The fraction of sp³-hybridized carbons (Fsp3) is 1.00. The average Bonchev–Trinajstić information content (AvgIpc) is 2.73. The van der Waals surface area contributed by atoms with Crippen LogP contribution in [0.25, 0.3) is 0 Å². The first-order valence-electron chi connectivity index (χ1n) is 7.15. The van der Waals surface area contributed by atoms with Crippen molar-refractivity contribution in [3.05, 3.63) is 0 Å². The Kier molecular flexibility index (Phi) is 6.45. The predicted molar refractivity (Wildman–Crippen MR) is 75.5 cm³/mol. The lowest BCUT2D eigenvalue weighted by atomic mass is 10.1. The van der Waals surface area contributed by atoms with Gasteiger partial charge in [-0.2, -0.15) is 0 Å². The van der Waals surface area contributed by atoms with Crippen molar-refractivity contribution in [1.82, 2.24) is 15.1 Å². The van der Waals surface area contributed by atoms with Crippen LogP contribution in [0.3, 0.4) is 0 Å². The van der Waals surface area contributed by atoms with Gasteiger partial charge in [0, 0.05) is 31.7 Å². The van der Waals surface area contributed by atoms with Gasteiger partial charge in [0.25, 0.3) is 0 Å². The molecule has 1 aliphatic heterocycles. The van der Waals surface area contributed by atoms with Crippen LogP contribution in [0.5, 0.6) is 0 Å². The second-order valence-electron chi connectivity index (χ2n) is 6.02. The summed E-state index contributed by atoms with van der Waals surface area (Å²) in [4.78, 5) is 5.03. The first kappa shape index (κ1) is 14.9. The van der Waals surface area contributed by atoms with Crippen LogP contribution in [0.15, 0.2) is 0 Å². The molecule has 102 valence electrons. The molecule has 1 heterocycles. The van der Waals surface area contributed by atoms with Gasteiger partial charge in [-0.3, -0.25) is 4.90 Å². The summed E-state index contributed by atoms with van der Waals surface area (Å²) in [5.74, 6) is 0.751. The third kappa shape index (κ3) is 4.94. The van der Waals surface area contributed by atoms with Crippen molar-refractivity contribution in [1.29, 1.82) is 0 Å². The maximum absolute atomic E-state index is 3.60. The Labute approximate surface area is 108 Å². The summed E-state index contributed by atoms with van der Waals surface area (Å²) in [6.45, 7) is 11.7. The molecule has 17 heavy (non-hydrogen) atoms. The summed E-state index contributed by atoms with van der Waals surface area (Å²) in [7, 11) is 4.40. The summed E-state index contributed by atoms with van der Waals surface area (Å²) < 4.78 is 0. The van der Waals surface area contributed by atoms with Gasteiger partial charge in [0.15, 0.2) is 0 Å². The van der Waals surface area contributed by atoms with Gasteiger partial charge in [-0.05, 0) is 39.4 Å². The third-order valence-corrected chi connectivity index (χ3v) is 3.85. The van der Waals surface area contributed by atoms with Crippen LogP contribution in [0.2, 0.25) is 0 Å². The number of likely N-dealkylation sites (N-methyl/N-ethyl adjacent to an activating group) is 1. The monoisotopic (exact) mass is 241 g/mol. The van der Waals surface area contributed by atoms with E-state index < -0.39 is 0 Å². The topological polar surface area (TPSA) is 18.5 Å². The zero-order valence-electron chi connectivity index (χ0n) is 12.4.